The molecule has 0 amide bonds. The van der Waals surface area contributed by atoms with E-state index in [2.05, 4.69) is 5.32 Å². The van der Waals surface area contributed by atoms with Crippen LogP contribution in [0.3, 0.4) is 0 Å². The molecule has 0 saturated heterocycles. The zero-order valence-electron chi connectivity index (χ0n) is 17.1. The number of hydrogen-bond donors (Lipinski definition) is 1. The Morgan fingerprint density at radius 2 is 2.00 bits per heavy atom. The van der Waals surface area contributed by atoms with Gasteiger partial charge in [-0.25, -0.2) is 4.79 Å². The maximum absolute atomic E-state index is 13.0. The first-order valence-corrected chi connectivity index (χ1v) is 10.1. The third kappa shape index (κ3) is 3.98. The van der Waals surface area contributed by atoms with Crippen LogP contribution in [0.15, 0.2) is 46.8 Å². The van der Waals surface area contributed by atoms with Gasteiger partial charge in [0.05, 0.1) is 24.2 Å². The second kappa shape index (κ2) is 8.63. The van der Waals surface area contributed by atoms with E-state index in [9.17, 15) is 9.59 Å². The van der Waals surface area contributed by atoms with E-state index in [1.54, 1.807) is 0 Å². The van der Waals surface area contributed by atoms with Crippen molar-refractivity contribution in [2.24, 2.45) is 0 Å². The molecule has 5 nitrogen and oxygen atoms in total. The first-order valence-electron chi connectivity index (χ1n) is 10.1. The number of ketones is 1. The zero-order valence-corrected chi connectivity index (χ0v) is 17.1. The molecule has 28 heavy (non-hydrogen) atoms. The molecular formula is C23H29NO4. The molecular weight excluding hydrogens is 354 g/mol. The highest BCUT2D eigenvalue weighted by Gasteiger charge is 2.40. The summed E-state index contributed by atoms with van der Waals surface area (Å²) in [6, 6.07) is 7.67. The molecule has 0 radical (unpaired) electrons. The summed E-state index contributed by atoms with van der Waals surface area (Å²) in [6.45, 7) is 8.12. The van der Waals surface area contributed by atoms with Crippen LogP contribution in [-0.2, 0) is 14.3 Å². The Kier molecular flexibility index (Phi) is 6.22. The molecule has 1 aliphatic carbocycles. The number of dihydropyridines is 1. The molecule has 3 rings (SSSR count). The predicted octanol–water partition coefficient (Wildman–Crippen LogP) is 4.39. The quantitative estimate of drug-likeness (QED) is 0.738. The lowest BCUT2D eigenvalue weighted by Gasteiger charge is -2.35. The summed E-state index contributed by atoms with van der Waals surface area (Å²) in [4.78, 5) is 25.9. The molecule has 1 aliphatic heterocycles. The number of carbonyl (C=O) groups excluding carboxylic acids is 2. The number of nitrogens with one attached hydrogen (secondary N) is 1. The van der Waals surface area contributed by atoms with E-state index in [0.717, 1.165) is 36.2 Å². The van der Waals surface area contributed by atoms with E-state index < -0.39 is 5.92 Å². The lowest BCUT2D eigenvalue weighted by atomic mass is 9.75. The standard InChI is InChI=1S/C23H29NO4/c1-5-13-27-23(26)20-15(4)24-17-10-8-11-18(25)22(17)21(20)16-9-6-7-12-19(16)28-14(2)3/h6-7,9,12,14,21,24H,5,8,10-11,13H2,1-4H3/t21-/m0/s1. The van der Waals surface area contributed by atoms with Crippen molar-refractivity contribution in [1.29, 1.82) is 0 Å². The molecule has 0 aromatic heterocycles. The van der Waals surface area contributed by atoms with Gasteiger partial charge in [-0.05, 0) is 46.1 Å². The molecule has 0 saturated carbocycles. The van der Waals surface area contributed by atoms with Crippen LogP contribution in [0.25, 0.3) is 0 Å². The molecule has 1 heterocycles. The van der Waals surface area contributed by atoms with Crippen molar-refractivity contribution in [2.75, 3.05) is 6.61 Å². The monoisotopic (exact) mass is 383 g/mol. The lowest BCUT2D eigenvalue weighted by molar-refractivity contribution is -0.139. The van der Waals surface area contributed by atoms with E-state index in [0.29, 0.717) is 29.9 Å². The number of esters is 1. The third-order valence-electron chi connectivity index (χ3n) is 5.03. The molecule has 0 unspecified atom stereocenters. The summed E-state index contributed by atoms with van der Waals surface area (Å²) in [5, 5.41) is 3.31. The molecule has 1 aromatic rings. The molecule has 1 atom stereocenters. The van der Waals surface area contributed by atoms with Crippen molar-refractivity contribution in [2.45, 2.75) is 65.4 Å². The number of carbonyl (C=O) groups is 2. The smallest absolute Gasteiger partial charge is 0.336 e. The van der Waals surface area contributed by atoms with Gasteiger partial charge >= 0.3 is 5.97 Å². The van der Waals surface area contributed by atoms with Crippen molar-refractivity contribution >= 4 is 11.8 Å². The fourth-order valence-corrected chi connectivity index (χ4v) is 3.92. The molecule has 0 fully saturated rings. The van der Waals surface area contributed by atoms with E-state index >= 15 is 0 Å². The number of rotatable bonds is 6. The highest BCUT2D eigenvalue weighted by Crippen LogP contribution is 2.45. The van der Waals surface area contributed by atoms with Crippen LogP contribution in [0.4, 0.5) is 0 Å². The first-order chi connectivity index (χ1) is 13.4. The van der Waals surface area contributed by atoms with Crippen molar-refractivity contribution in [3.05, 3.63) is 52.4 Å². The number of allylic oxidation sites excluding steroid dienone is 3. The van der Waals surface area contributed by atoms with Gasteiger partial charge in [0.25, 0.3) is 0 Å². The largest absolute Gasteiger partial charge is 0.491 e. The van der Waals surface area contributed by atoms with Crippen molar-refractivity contribution in [3.8, 4) is 5.75 Å². The second-order valence-electron chi connectivity index (χ2n) is 7.61. The molecule has 0 bridgehead atoms. The number of hydrogen-bond acceptors (Lipinski definition) is 5. The van der Waals surface area contributed by atoms with Crippen LogP contribution in [0.2, 0.25) is 0 Å². The zero-order chi connectivity index (χ0) is 20.3. The van der Waals surface area contributed by atoms with Crippen LogP contribution < -0.4 is 10.1 Å². The molecule has 1 N–H and O–H groups in total. The third-order valence-corrected chi connectivity index (χ3v) is 5.03. The van der Waals surface area contributed by atoms with Crippen LogP contribution >= 0.6 is 0 Å². The predicted molar refractivity (Wildman–Crippen MR) is 108 cm³/mol. The summed E-state index contributed by atoms with van der Waals surface area (Å²) >= 11 is 0. The van der Waals surface area contributed by atoms with Gasteiger partial charge in [0.1, 0.15) is 5.75 Å². The van der Waals surface area contributed by atoms with Gasteiger partial charge in [0.15, 0.2) is 5.78 Å². The first kappa shape index (κ1) is 20.2. The maximum Gasteiger partial charge on any atom is 0.336 e. The second-order valence-corrected chi connectivity index (χ2v) is 7.61. The van der Waals surface area contributed by atoms with Gasteiger partial charge in [-0.1, -0.05) is 25.1 Å². The minimum atomic E-state index is -0.469. The summed E-state index contributed by atoms with van der Waals surface area (Å²) in [6.07, 6.45) is 2.86. The maximum atomic E-state index is 13.0. The average Bonchev–Trinajstić information content (AvgIpc) is 2.65. The molecule has 1 aromatic carbocycles. The van der Waals surface area contributed by atoms with Gasteiger partial charge < -0.3 is 14.8 Å². The van der Waals surface area contributed by atoms with Crippen LogP contribution in [0.1, 0.15) is 64.9 Å². The number of Topliss-reactive ketones (excluding diaryl/α,β-unsaturated/α-hetero) is 1. The summed E-state index contributed by atoms with van der Waals surface area (Å²) in [5.74, 6) is -0.0564. The Morgan fingerprint density at radius 1 is 1.25 bits per heavy atom. The Bertz CT molecular complexity index is 835. The van der Waals surface area contributed by atoms with Crippen LogP contribution in [0.5, 0.6) is 5.75 Å². The highest BCUT2D eigenvalue weighted by molar-refractivity contribution is 6.04. The summed E-state index contributed by atoms with van der Waals surface area (Å²) < 4.78 is 11.5. The average molecular weight is 383 g/mol. The lowest BCUT2D eigenvalue weighted by Crippen LogP contribution is -2.34. The van der Waals surface area contributed by atoms with Crippen molar-refractivity contribution in [1.82, 2.24) is 5.32 Å². The number of ether oxygens (including phenoxy) is 2. The summed E-state index contributed by atoms with van der Waals surface area (Å²) in [7, 11) is 0. The van der Waals surface area contributed by atoms with E-state index in [1.807, 2.05) is 52.0 Å². The fourth-order valence-electron chi connectivity index (χ4n) is 3.92. The van der Waals surface area contributed by atoms with Gasteiger partial charge in [-0.15, -0.1) is 0 Å². The molecule has 5 heteroatoms. The van der Waals surface area contributed by atoms with Crippen LogP contribution in [0, 0.1) is 0 Å². The Balaban J connectivity index is 2.15. The Morgan fingerprint density at radius 3 is 2.71 bits per heavy atom. The van der Waals surface area contributed by atoms with Gasteiger partial charge in [0, 0.05) is 29.0 Å². The van der Waals surface area contributed by atoms with E-state index in [1.165, 1.54) is 0 Å². The normalized spacial score (nSPS) is 19.5. The Hall–Kier alpha value is -2.56. The Labute approximate surface area is 166 Å². The number of benzene rings is 1. The minimum Gasteiger partial charge on any atom is -0.491 e. The molecule has 0 spiro atoms. The fraction of sp³-hybridized carbons (Fsp3) is 0.478. The van der Waals surface area contributed by atoms with E-state index in [-0.39, 0.29) is 17.9 Å². The van der Waals surface area contributed by atoms with Gasteiger partial charge in [-0.3, -0.25) is 4.79 Å². The summed E-state index contributed by atoms with van der Waals surface area (Å²) in [5.41, 5.74) is 3.69. The molecule has 2 aliphatic rings. The molecule has 150 valence electrons. The van der Waals surface area contributed by atoms with Crippen molar-refractivity contribution in [3.63, 3.8) is 0 Å². The van der Waals surface area contributed by atoms with Crippen LogP contribution in [-0.4, -0.2) is 24.5 Å². The highest BCUT2D eigenvalue weighted by atomic mass is 16.5. The SMILES string of the molecule is CCCOC(=O)C1=C(C)NC2=C(C(=O)CCC2)[C@H]1c1ccccc1OC(C)C. The topological polar surface area (TPSA) is 64.6 Å². The van der Waals surface area contributed by atoms with Gasteiger partial charge in [-0.2, -0.15) is 0 Å². The van der Waals surface area contributed by atoms with Gasteiger partial charge in [0.2, 0.25) is 0 Å². The van der Waals surface area contributed by atoms with Crippen molar-refractivity contribution < 1.29 is 19.1 Å². The number of para-hydroxylation sites is 1. The minimum absolute atomic E-state index is 0.0149. The van der Waals surface area contributed by atoms with E-state index in [4.69, 9.17) is 9.47 Å².